The lowest BCUT2D eigenvalue weighted by molar-refractivity contribution is 0.0724. The third-order valence-corrected chi connectivity index (χ3v) is 6.35. The van der Waals surface area contributed by atoms with Crippen LogP contribution in [-0.2, 0) is 6.54 Å². The van der Waals surface area contributed by atoms with Gasteiger partial charge >= 0.3 is 0 Å². The summed E-state index contributed by atoms with van der Waals surface area (Å²) in [7, 11) is 0. The van der Waals surface area contributed by atoms with Crippen molar-refractivity contribution in [1.29, 1.82) is 0 Å². The Kier molecular flexibility index (Phi) is 5.41. The molecular weight excluding hydrogens is 374 g/mol. The van der Waals surface area contributed by atoms with E-state index in [-0.39, 0.29) is 5.91 Å². The fourth-order valence-electron chi connectivity index (χ4n) is 4.64. The third-order valence-electron chi connectivity index (χ3n) is 6.35. The van der Waals surface area contributed by atoms with Crippen molar-refractivity contribution in [1.82, 2.24) is 19.2 Å². The lowest BCUT2D eigenvalue weighted by atomic mass is 10.1. The molecule has 0 unspecified atom stereocenters. The Morgan fingerprint density at radius 3 is 2.47 bits per heavy atom. The van der Waals surface area contributed by atoms with Gasteiger partial charge in [-0.05, 0) is 55.2 Å². The van der Waals surface area contributed by atoms with Crippen molar-refractivity contribution in [2.75, 3.05) is 44.2 Å². The third kappa shape index (κ3) is 3.92. The average Bonchev–Trinajstić information content (AvgIpc) is 3.24. The number of pyridine rings is 2. The smallest absolute Gasteiger partial charge is 0.255 e. The summed E-state index contributed by atoms with van der Waals surface area (Å²) in [4.78, 5) is 24.1. The quantitative estimate of drug-likeness (QED) is 0.671. The summed E-state index contributed by atoms with van der Waals surface area (Å²) in [5, 5.41) is 0. The number of nitrogens with zero attached hydrogens (tertiary/aromatic N) is 5. The van der Waals surface area contributed by atoms with Crippen LogP contribution in [0.5, 0.6) is 0 Å². The van der Waals surface area contributed by atoms with Gasteiger partial charge in [-0.3, -0.25) is 14.7 Å². The number of amides is 1. The summed E-state index contributed by atoms with van der Waals surface area (Å²) in [5.74, 6) is 1.34. The van der Waals surface area contributed by atoms with E-state index in [0.29, 0.717) is 0 Å². The van der Waals surface area contributed by atoms with E-state index in [2.05, 4.69) is 43.4 Å². The van der Waals surface area contributed by atoms with Crippen molar-refractivity contribution >= 4 is 17.2 Å². The minimum atomic E-state index is 0.164. The molecule has 3 aromatic rings. The molecule has 2 fully saturated rings. The monoisotopic (exact) mass is 403 g/mol. The number of carbonyl (C=O) groups is 1. The van der Waals surface area contributed by atoms with E-state index >= 15 is 0 Å². The van der Waals surface area contributed by atoms with Gasteiger partial charge in [-0.15, -0.1) is 0 Å². The molecule has 6 nitrogen and oxygen atoms in total. The van der Waals surface area contributed by atoms with Crippen LogP contribution in [0, 0.1) is 0 Å². The fourth-order valence-corrected chi connectivity index (χ4v) is 4.64. The van der Waals surface area contributed by atoms with Gasteiger partial charge in [0.25, 0.3) is 5.91 Å². The number of carbonyl (C=O) groups excluding carboxylic acids is 1. The summed E-state index contributed by atoms with van der Waals surface area (Å²) < 4.78 is 2.19. The van der Waals surface area contributed by atoms with Gasteiger partial charge in [-0.25, -0.2) is 0 Å². The van der Waals surface area contributed by atoms with Crippen LogP contribution in [0.3, 0.4) is 0 Å². The molecule has 0 saturated carbocycles. The zero-order valence-electron chi connectivity index (χ0n) is 17.4. The molecule has 1 amide bonds. The molecule has 2 saturated heterocycles. The summed E-state index contributed by atoms with van der Waals surface area (Å²) in [5.41, 5.74) is 3.19. The number of likely N-dealkylation sites (tertiary alicyclic amines) is 1. The maximum atomic E-state index is 13.0. The van der Waals surface area contributed by atoms with E-state index in [4.69, 9.17) is 0 Å². The molecule has 3 aromatic heterocycles. The van der Waals surface area contributed by atoms with Crippen LogP contribution >= 0.6 is 0 Å². The Labute approximate surface area is 177 Å². The first-order chi connectivity index (χ1) is 14.8. The highest BCUT2D eigenvalue weighted by atomic mass is 16.2. The lowest BCUT2D eigenvalue weighted by Gasteiger charge is -2.35. The Hall–Kier alpha value is -2.86. The topological polar surface area (TPSA) is 44.1 Å². The second kappa shape index (κ2) is 8.48. The van der Waals surface area contributed by atoms with Crippen molar-refractivity contribution in [2.45, 2.75) is 25.8 Å². The standard InChI is InChI=1S/C24H29N5O/c30-24(28-11-2-1-3-12-28)21-6-7-22-8-9-23(29(22)19-21)27-15-13-26(14-16-27)18-20-5-4-10-25-17-20/h4-10,17,19H,1-3,11-16,18H2. The van der Waals surface area contributed by atoms with E-state index in [1.807, 2.05) is 35.6 Å². The summed E-state index contributed by atoms with van der Waals surface area (Å²) in [6, 6.07) is 12.5. The SMILES string of the molecule is O=C(c1ccc2ccc(N3CCN(Cc4cccnc4)CC3)n2c1)N1CCCCC1. The predicted octanol–water partition coefficient (Wildman–Crippen LogP) is 3.28. The molecule has 5 heterocycles. The van der Waals surface area contributed by atoms with Gasteiger partial charge in [0, 0.05) is 69.9 Å². The van der Waals surface area contributed by atoms with Crippen molar-refractivity contribution in [3.8, 4) is 0 Å². The molecule has 6 heteroatoms. The molecule has 2 aliphatic heterocycles. The van der Waals surface area contributed by atoms with Crippen molar-refractivity contribution in [2.24, 2.45) is 0 Å². The number of piperidine rings is 1. The molecule has 0 atom stereocenters. The second-order valence-electron chi connectivity index (χ2n) is 8.38. The van der Waals surface area contributed by atoms with Gasteiger partial charge in [0.05, 0.1) is 5.56 Å². The van der Waals surface area contributed by atoms with Crippen LogP contribution in [0.1, 0.15) is 35.2 Å². The number of hydrogen-bond acceptors (Lipinski definition) is 4. The maximum Gasteiger partial charge on any atom is 0.255 e. The minimum absolute atomic E-state index is 0.164. The van der Waals surface area contributed by atoms with Gasteiger partial charge in [-0.2, -0.15) is 0 Å². The minimum Gasteiger partial charge on any atom is -0.355 e. The summed E-state index contributed by atoms with van der Waals surface area (Å²) in [6.07, 6.45) is 9.27. The highest BCUT2D eigenvalue weighted by Gasteiger charge is 2.21. The second-order valence-corrected chi connectivity index (χ2v) is 8.38. The number of fused-ring (bicyclic) bond motifs is 1. The normalized spacial score (nSPS) is 18.1. The first-order valence-corrected chi connectivity index (χ1v) is 11.0. The van der Waals surface area contributed by atoms with Gasteiger partial charge in [0.2, 0.25) is 0 Å². The van der Waals surface area contributed by atoms with E-state index in [1.54, 1.807) is 0 Å². The molecule has 0 bridgehead atoms. The van der Waals surface area contributed by atoms with Crippen LogP contribution in [0.4, 0.5) is 5.82 Å². The first-order valence-electron chi connectivity index (χ1n) is 11.0. The Morgan fingerprint density at radius 2 is 1.70 bits per heavy atom. The van der Waals surface area contributed by atoms with Crippen LogP contribution in [0.2, 0.25) is 0 Å². The Balaban J connectivity index is 1.29. The number of aromatic nitrogens is 2. The van der Waals surface area contributed by atoms with Crippen molar-refractivity contribution < 1.29 is 4.79 Å². The largest absolute Gasteiger partial charge is 0.355 e. The average molecular weight is 404 g/mol. The fraction of sp³-hybridized carbons (Fsp3) is 0.417. The highest BCUT2D eigenvalue weighted by molar-refractivity contribution is 5.94. The molecule has 0 N–H and O–H groups in total. The van der Waals surface area contributed by atoms with Crippen LogP contribution in [0.15, 0.2) is 55.0 Å². The summed E-state index contributed by atoms with van der Waals surface area (Å²) >= 11 is 0. The van der Waals surface area contributed by atoms with E-state index in [9.17, 15) is 4.79 Å². The highest BCUT2D eigenvalue weighted by Crippen LogP contribution is 2.23. The molecule has 0 spiro atoms. The molecule has 0 aliphatic carbocycles. The van der Waals surface area contributed by atoms with Crippen LogP contribution in [0.25, 0.3) is 5.52 Å². The molecular formula is C24H29N5O. The van der Waals surface area contributed by atoms with E-state index in [0.717, 1.165) is 69.7 Å². The molecule has 5 rings (SSSR count). The number of hydrogen-bond donors (Lipinski definition) is 0. The van der Waals surface area contributed by atoms with Gasteiger partial charge < -0.3 is 14.2 Å². The van der Waals surface area contributed by atoms with Crippen LogP contribution in [-0.4, -0.2) is 64.4 Å². The molecule has 156 valence electrons. The zero-order valence-corrected chi connectivity index (χ0v) is 17.4. The van der Waals surface area contributed by atoms with Gasteiger partial charge in [0.1, 0.15) is 5.82 Å². The lowest BCUT2D eigenvalue weighted by Crippen LogP contribution is -2.46. The molecule has 2 aliphatic rings. The van der Waals surface area contributed by atoms with Gasteiger partial charge in [-0.1, -0.05) is 6.07 Å². The number of anilines is 1. The Morgan fingerprint density at radius 1 is 0.900 bits per heavy atom. The zero-order chi connectivity index (χ0) is 20.3. The molecule has 0 radical (unpaired) electrons. The Bertz CT molecular complexity index is 1000. The predicted molar refractivity (Wildman–Crippen MR) is 119 cm³/mol. The maximum absolute atomic E-state index is 13.0. The number of piperazine rings is 1. The first kappa shape index (κ1) is 19.1. The van der Waals surface area contributed by atoms with Gasteiger partial charge in [0.15, 0.2) is 0 Å². The van der Waals surface area contributed by atoms with Crippen LogP contribution < -0.4 is 4.90 Å². The molecule has 0 aromatic carbocycles. The van der Waals surface area contributed by atoms with E-state index in [1.165, 1.54) is 17.8 Å². The number of rotatable bonds is 4. The van der Waals surface area contributed by atoms with Crippen molar-refractivity contribution in [3.63, 3.8) is 0 Å². The molecule has 30 heavy (non-hydrogen) atoms. The van der Waals surface area contributed by atoms with Crippen molar-refractivity contribution in [3.05, 3.63) is 66.1 Å². The summed E-state index contributed by atoms with van der Waals surface area (Å²) in [6.45, 7) is 6.73. The van der Waals surface area contributed by atoms with E-state index < -0.39 is 0 Å².